The van der Waals surface area contributed by atoms with E-state index in [9.17, 15) is 8.42 Å². The molecule has 4 heteroatoms. The summed E-state index contributed by atoms with van der Waals surface area (Å²) in [5.41, 5.74) is 4.64. The van der Waals surface area contributed by atoms with Gasteiger partial charge in [0, 0.05) is 18.5 Å². The van der Waals surface area contributed by atoms with E-state index in [-0.39, 0.29) is 5.41 Å². The Bertz CT molecular complexity index is 824. The molecular formula is C21H29NO2S. The van der Waals surface area contributed by atoms with Crippen LogP contribution in [-0.4, -0.2) is 25.8 Å². The molecule has 1 spiro atoms. The fourth-order valence-corrected chi connectivity index (χ4v) is 7.03. The summed E-state index contributed by atoms with van der Waals surface area (Å²) in [4.78, 5) is 0.436. The van der Waals surface area contributed by atoms with Crippen molar-refractivity contribution in [1.29, 1.82) is 0 Å². The van der Waals surface area contributed by atoms with Crippen LogP contribution in [0.25, 0.3) is 0 Å². The van der Waals surface area contributed by atoms with Gasteiger partial charge in [-0.15, -0.1) is 0 Å². The lowest BCUT2D eigenvalue weighted by Crippen LogP contribution is -2.31. The van der Waals surface area contributed by atoms with Crippen LogP contribution in [0.1, 0.15) is 57.9 Å². The van der Waals surface area contributed by atoms with Crippen molar-refractivity contribution in [3.05, 3.63) is 41.0 Å². The molecule has 1 saturated carbocycles. The number of rotatable bonds is 5. The Labute approximate surface area is 152 Å². The van der Waals surface area contributed by atoms with Crippen LogP contribution in [-0.2, 0) is 10.0 Å². The van der Waals surface area contributed by atoms with Crippen molar-refractivity contribution in [3.8, 4) is 0 Å². The lowest BCUT2D eigenvalue weighted by molar-refractivity contribution is 0.335. The fraction of sp³-hybridized carbons (Fsp3) is 0.619. The monoisotopic (exact) mass is 359 g/mol. The van der Waals surface area contributed by atoms with Crippen LogP contribution in [0.3, 0.4) is 0 Å². The number of unbranched alkanes of at least 4 members (excludes halogenated alkanes) is 1. The first-order valence-electron chi connectivity index (χ1n) is 9.61. The first kappa shape index (κ1) is 17.3. The number of benzene rings is 1. The Kier molecular flexibility index (Phi) is 3.93. The quantitative estimate of drug-likeness (QED) is 0.716. The highest BCUT2D eigenvalue weighted by molar-refractivity contribution is 7.89. The zero-order valence-electron chi connectivity index (χ0n) is 15.6. The maximum Gasteiger partial charge on any atom is 0.243 e. The Morgan fingerprint density at radius 1 is 1.16 bits per heavy atom. The summed E-state index contributed by atoms with van der Waals surface area (Å²) in [5, 5.41) is 0. The van der Waals surface area contributed by atoms with Crippen LogP contribution in [0.5, 0.6) is 0 Å². The van der Waals surface area contributed by atoms with E-state index in [2.05, 4.69) is 13.8 Å². The molecule has 136 valence electrons. The molecule has 25 heavy (non-hydrogen) atoms. The van der Waals surface area contributed by atoms with E-state index in [0.717, 1.165) is 24.8 Å². The molecule has 0 amide bonds. The lowest BCUT2D eigenvalue weighted by atomic mass is 9.77. The molecular weight excluding hydrogens is 330 g/mol. The zero-order valence-corrected chi connectivity index (χ0v) is 16.5. The van der Waals surface area contributed by atoms with Crippen LogP contribution < -0.4 is 0 Å². The zero-order chi connectivity index (χ0) is 17.9. The van der Waals surface area contributed by atoms with Gasteiger partial charge in [-0.2, -0.15) is 4.31 Å². The van der Waals surface area contributed by atoms with Gasteiger partial charge < -0.3 is 0 Å². The highest BCUT2D eigenvalue weighted by atomic mass is 32.2. The topological polar surface area (TPSA) is 37.4 Å². The van der Waals surface area contributed by atoms with E-state index in [0.29, 0.717) is 23.4 Å². The van der Waals surface area contributed by atoms with Gasteiger partial charge in [0.25, 0.3) is 0 Å². The van der Waals surface area contributed by atoms with Gasteiger partial charge in [-0.05, 0) is 62.1 Å². The SMILES string of the molecule is CCCCC1=C2CN(S(=O)(=O)c3ccc(C)cc3)CC23CCC1(C)C3. The molecule has 2 aliphatic carbocycles. The van der Waals surface area contributed by atoms with Gasteiger partial charge in [0.05, 0.1) is 4.90 Å². The standard InChI is InChI=1S/C21H29NO2S/c1-4-5-6-18-19-13-22(15-21(19)12-11-20(18,3)14-21)25(23,24)17-9-7-16(2)8-10-17/h7-10H,4-6,11-15H2,1-3H3. The largest absolute Gasteiger partial charge is 0.243 e. The molecule has 1 aromatic carbocycles. The molecule has 0 N–H and O–H groups in total. The third-order valence-electron chi connectivity index (χ3n) is 6.87. The molecule has 1 aliphatic heterocycles. The van der Waals surface area contributed by atoms with Crippen LogP contribution in [0, 0.1) is 17.8 Å². The average Bonchev–Trinajstić information content (AvgIpc) is 3.17. The summed E-state index contributed by atoms with van der Waals surface area (Å²) < 4.78 is 28.1. The molecule has 2 unspecified atom stereocenters. The number of hydrogen-bond acceptors (Lipinski definition) is 2. The Morgan fingerprint density at radius 2 is 1.88 bits per heavy atom. The number of nitrogens with zero attached hydrogens (tertiary/aromatic N) is 1. The minimum atomic E-state index is -3.39. The molecule has 0 radical (unpaired) electrons. The first-order valence-corrected chi connectivity index (χ1v) is 11.0. The van der Waals surface area contributed by atoms with E-state index in [1.807, 2.05) is 19.1 Å². The third kappa shape index (κ3) is 2.52. The minimum absolute atomic E-state index is 0.135. The highest BCUT2D eigenvalue weighted by Gasteiger charge is 2.60. The van der Waals surface area contributed by atoms with Gasteiger partial charge in [-0.25, -0.2) is 8.42 Å². The Hall–Kier alpha value is -1.13. The maximum atomic E-state index is 13.2. The van der Waals surface area contributed by atoms with E-state index in [1.165, 1.54) is 24.8 Å². The summed E-state index contributed by atoms with van der Waals surface area (Å²) in [6.07, 6.45) is 7.12. The van der Waals surface area contributed by atoms with Crippen molar-refractivity contribution in [3.63, 3.8) is 0 Å². The predicted molar refractivity (Wildman–Crippen MR) is 101 cm³/mol. The number of sulfonamides is 1. The molecule has 2 fully saturated rings. The van der Waals surface area contributed by atoms with Crippen molar-refractivity contribution in [2.45, 2.75) is 64.2 Å². The summed E-state index contributed by atoms with van der Waals surface area (Å²) in [5.74, 6) is 0. The van der Waals surface area contributed by atoms with Gasteiger partial charge in [0.15, 0.2) is 0 Å². The smallest absolute Gasteiger partial charge is 0.207 e. The lowest BCUT2D eigenvalue weighted by Gasteiger charge is -2.28. The number of hydrogen-bond donors (Lipinski definition) is 0. The van der Waals surface area contributed by atoms with Crippen molar-refractivity contribution < 1.29 is 8.42 Å². The van der Waals surface area contributed by atoms with Gasteiger partial charge >= 0.3 is 0 Å². The van der Waals surface area contributed by atoms with Crippen LogP contribution in [0.15, 0.2) is 40.3 Å². The molecule has 2 atom stereocenters. The molecule has 3 aliphatic rings. The van der Waals surface area contributed by atoms with Crippen LogP contribution in [0.4, 0.5) is 0 Å². The molecule has 1 heterocycles. The van der Waals surface area contributed by atoms with E-state index >= 15 is 0 Å². The van der Waals surface area contributed by atoms with E-state index in [1.54, 1.807) is 22.0 Å². The molecule has 4 rings (SSSR count). The summed E-state index contributed by atoms with van der Waals surface area (Å²) in [7, 11) is -3.39. The van der Waals surface area contributed by atoms with Gasteiger partial charge in [0.2, 0.25) is 10.0 Å². The van der Waals surface area contributed by atoms with Crippen molar-refractivity contribution in [2.75, 3.05) is 13.1 Å². The third-order valence-corrected chi connectivity index (χ3v) is 8.68. The minimum Gasteiger partial charge on any atom is -0.207 e. The Balaban J connectivity index is 1.68. The van der Waals surface area contributed by atoms with Crippen molar-refractivity contribution in [1.82, 2.24) is 4.31 Å². The number of aryl methyl sites for hydroxylation is 1. The van der Waals surface area contributed by atoms with Crippen LogP contribution >= 0.6 is 0 Å². The van der Waals surface area contributed by atoms with Gasteiger partial charge in [-0.3, -0.25) is 0 Å². The number of fused-ring (bicyclic) bond motifs is 1. The highest BCUT2D eigenvalue weighted by Crippen LogP contribution is 2.67. The molecule has 1 aromatic rings. The molecule has 0 aromatic heterocycles. The van der Waals surface area contributed by atoms with E-state index in [4.69, 9.17) is 0 Å². The van der Waals surface area contributed by atoms with Gasteiger partial charge in [-0.1, -0.05) is 43.5 Å². The van der Waals surface area contributed by atoms with Gasteiger partial charge in [0.1, 0.15) is 0 Å². The first-order chi connectivity index (χ1) is 11.8. The molecule has 3 nitrogen and oxygen atoms in total. The maximum absolute atomic E-state index is 13.2. The second kappa shape index (κ2) is 5.68. The average molecular weight is 360 g/mol. The van der Waals surface area contributed by atoms with Crippen LogP contribution in [0.2, 0.25) is 0 Å². The second-order valence-electron chi connectivity index (χ2n) is 8.66. The number of allylic oxidation sites excluding steroid dienone is 1. The summed E-state index contributed by atoms with van der Waals surface area (Å²) >= 11 is 0. The van der Waals surface area contributed by atoms with Crippen molar-refractivity contribution in [2.24, 2.45) is 10.8 Å². The summed E-state index contributed by atoms with van der Waals surface area (Å²) in [6.45, 7) is 7.94. The normalized spacial score (nSPS) is 31.8. The fourth-order valence-electron chi connectivity index (χ4n) is 5.54. The Morgan fingerprint density at radius 3 is 2.56 bits per heavy atom. The molecule has 2 bridgehead atoms. The van der Waals surface area contributed by atoms with Crippen molar-refractivity contribution >= 4 is 10.0 Å². The van der Waals surface area contributed by atoms with E-state index < -0.39 is 10.0 Å². The predicted octanol–water partition coefficient (Wildman–Crippen LogP) is 4.68. The summed E-state index contributed by atoms with van der Waals surface area (Å²) in [6, 6.07) is 7.28. The second-order valence-corrected chi connectivity index (χ2v) is 10.6. The molecule has 1 saturated heterocycles.